The van der Waals surface area contributed by atoms with E-state index in [-0.39, 0.29) is 5.69 Å². The van der Waals surface area contributed by atoms with E-state index in [1.807, 2.05) is 18.2 Å². The van der Waals surface area contributed by atoms with Gasteiger partial charge in [0.05, 0.1) is 6.61 Å². The lowest BCUT2D eigenvalue weighted by Gasteiger charge is -2.04. The zero-order valence-corrected chi connectivity index (χ0v) is 9.50. The number of rotatable bonds is 2. The molecule has 0 spiro atoms. The Morgan fingerprint density at radius 1 is 1.44 bits per heavy atom. The summed E-state index contributed by atoms with van der Waals surface area (Å²) in [5, 5.41) is 8.08. The zero-order valence-electron chi connectivity index (χ0n) is 8.69. The van der Waals surface area contributed by atoms with E-state index in [4.69, 9.17) is 17.0 Å². The number of fused-ring (bicyclic) bond motifs is 1. The van der Waals surface area contributed by atoms with Crippen LogP contribution in [-0.4, -0.2) is 22.8 Å². The number of nitrogens with one attached hydrogen (secondary N) is 1. The van der Waals surface area contributed by atoms with Crippen molar-refractivity contribution < 1.29 is 9.53 Å². The molecule has 0 aliphatic rings. The van der Waals surface area contributed by atoms with Crippen LogP contribution in [0.1, 0.15) is 17.4 Å². The second kappa shape index (κ2) is 4.40. The third-order valence-corrected chi connectivity index (χ3v) is 2.48. The Hall–Kier alpha value is -1.75. The number of benzene rings is 1. The average molecular weight is 234 g/mol. The van der Waals surface area contributed by atoms with Gasteiger partial charge in [-0.2, -0.15) is 5.10 Å². The van der Waals surface area contributed by atoms with Crippen LogP contribution < -0.4 is 0 Å². The van der Waals surface area contributed by atoms with Crippen molar-refractivity contribution in [3.05, 3.63) is 34.6 Å². The predicted molar refractivity (Wildman–Crippen MR) is 62.9 cm³/mol. The largest absolute Gasteiger partial charge is 0.461 e. The second-order valence-electron chi connectivity index (χ2n) is 3.17. The molecule has 5 heteroatoms. The third kappa shape index (κ3) is 1.81. The summed E-state index contributed by atoms with van der Waals surface area (Å²) in [5.41, 5.74) is 0.269. The van der Waals surface area contributed by atoms with Gasteiger partial charge in [0.25, 0.3) is 0 Å². The van der Waals surface area contributed by atoms with Crippen molar-refractivity contribution in [3.63, 3.8) is 0 Å². The minimum Gasteiger partial charge on any atom is -0.461 e. The summed E-state index contributed by atoms with van der Waals surface area (Å²) in [5.74, 6) is -0.440. The molecule has 1 aromatic heterocycles. The van der Waals surface area contributed by atoms with E-state index in [1.54, 1.807) is 13.0 Å². The van der Waals surface area contributed by atoms with Gasteiger partial charge < -0.3 is 4.74 Å². The molecule has 2 rings (SSSR count). The predicted octanol–water partition coefficient (Wildman–Crippen LogP) is 2.47. The van der Waals surface area contributed by atoms with Crippen molar-refractivity contribution in [1.82, 2.24) is 10.2 Å². The molecule has 0 amide bonds. The molecular weight excluding hydrogens is 224 g/mol. The van der Waals surface area contributed by atoms with Gasteiger partial charge in [-0.3, -0.25) is 5.10 Å². The fourth-order valence-corrected chi connectivity index (χ4v) is 1.69. The number of esters is 1. The number of aromatic amines is 1. The molecular formula is C11H10N2O2S. The van der Waals surface area contributed by atoms with E-state index in [0.717, 1.165) is 5.39 Å². The van der Waals surface area contributed by atoms with Gasteiger partial charge in [0.2, 0.25) is 0 Å². The van der Waals surface area contributed by atoms with Crippen LogP contribution in [0.3, 0.4) is 0 Å². The van der Waals surface area contributed by atoms with Crippen molar-refractivity contribution in [2.45, 2.75) is 6.92 Å². The molecule has 0 aliphatic carbocycles. The van der Waals surface area contributed by atoms with Crippen LogP contribution in [0.4, 0.5) is 0 Å². The van der Waals surface area contributed by atoms with Gasteiger partial charge >= 0.3 is 5.97 Å². The van der Waals surface area contributed by atoms with Crippen LogP contribution in [0.5, 0.6) is 0 Å². The molecule has 82 valence electrons. The van der Waals surface area contributed by atoms with Gasteiger partial charge in [0.15, 0.2) is 5.69 Å². The fourth-order valence-electron chi connectivity index (χ4n) is 1.47. The summed E-state index contributed by atoms with van der Waals surface area (Å²) in [6.07, 6.45) is 0. The smallest absolute Gasteiger partial charge is 0.359 e. The maximum absolute atomic E-state index is 11.6. The zero-order chi connectivity index (χ0) is 11.5. The first-order valence-corrected chi connectivity index (χ1v) is 5.29. The Labute approximate surface area is 97.2 Å². The number of aromatic nitrogens is 2. The molecule has 0 atom stereocenters. The van der Waals surface area contributed by atoms with Crippen LogP contribution in [0.25, 0.3) is 10.8 Å². The Morgan fingerprint density at radius 3 is 2.81 bits per heavy atom. The molecule has 0 saturated carbocycles. The highest BCUT2D eigenvalue weighted by Gasteiger charge is 2.13. The Kier molecular flexibility index (Phi) is 2.96. The Bertz CT molecular complexity index is 592. The van der Waals surface area contributed by atoms with E-state index < -0.39 is 5.97 Å². The van der Waals surface area contributed by atoms with Crippen molar-refractivity contribution in [2.24, 2.45) is 0 Å². The molecule has 4 nitrogen and oxygen atoms in total. The number of ether oxygens (including phenoxy) is 1. The molecule has 0 saturated heterocycles. The average Bonchev–Trinajstić information content (AvgIpc) is 2.30. The Balaban J connectivity index is 2.68. The van der Waals surface area contributed by atoms with E-state index in [2.05, 4.69) is 10.2 Å². The molecule has 0 bridgehead atoms. The molecule has 1 aromatic carbocycles. The van der Waals surface area contributed by atoms with Gasteiger partial charge in [-0.1, -0.05) is 36.5 Å². The standard InChI is InChI=1S/C11H10N2O2S/c1-2-15-11(14)9-7-5-3-4-6-8(7)10(16)13-12-9/h3-6H,2H2,1H3,(H,13,16). The van der Waals surface area contributed by atoms with Crippen LogP contribution in [0, 0.1) is 4.64 Å². The van der Waals surface area contributed by atoms with E-state index >= 15 is 0 Å². The highest BCUT2D eigenvalue weighted by Crippen LogP contribution is 2.17. The van der Waals surface area contributed by atoms with Crippen molar-refractivity contribution in [3.8, 4) is 0 Å². The quantitative estimate of drug-likeness (QED) is 0.640. The van der Waals surface area contributed by atoms with Crippen molar-refractivity contribution >= 4 is 29.0 Å². The molecule has 0 fully saturated rings. The van der Waals surface area contributed by atoms with Gasteiger partial charge in [0.1, 0.15) is 4.64 Å². The van der Waals surface area contributed by atoms with E-state index in [1.165, 1.54) is 0 Å². The van der Waals surface area contributed by atoms with Crippen molar-refractivity contribution in [2.75, 3.05) is 6.61 Å². The summed E-state index contributed by atoms with van der Waals surface area (Å²) in [4.78, 5) is 11.6. The first-order chi connectivity index (χ1) is 7.74. The monoisotopic (exact) mass is 234 g/mol. The molecule has 0 radical (unpaired) electrons. The summed E-state index contributed by atoms with van der Waals surface area (Å²) < 4.78 is 5.44. The maximum atomic E-state index is 11.6. The number of hydrogen-bond acceptors (Lipinski definition) is 4. The van der Waals surface area contributed by atoms with Gasteiger partial charge in [-0.15, -0.1) is 0 Å². The number of carbonyl (C=O) groups excluding carboxylic acids is 1. The third-order valence-electron chi connectivity index (χ3n) is 2.16. The number of nitrogens with zero attached hydrogens (tertiary/aromatic N) is 1. The van der Waals surface area contributed by atoms with Crippen LogP contribution in [0.15, 0.2) is 24.3 Å². The molecule has 0 unspecified atom stereocenters. The number of hydrogen-bond donors (Lipinski definition) is 1. The summed E-state index contributed by atoms with van der Waals surface area (Å²) in [6.45, 7) is 2.08. The van der Waals surface area contributed by atoms with Crippen LogP contribution in [0.2, 0.25) is 0 Å². The Morgan fingerprint density at radius 2 is 2.12 bits per heavy atom. The van der Waals surface area contributed by atoms with Gasteiger partial charge in [0, 0.05) is 10.8 Å². The molecule has 0 aliphatic heterocycles. The van der Waals surface area contributed by atoms with Crippen molar-refractivity contribution in [1.29, 1.82) is 0 Å². The first kappa shape index (κ1) is 10.8. The lowest BCUT2D eigenvalue weighted by atomic mass is 10.1. The lowest BCUT2D eigenvalue weighted by Crippen LogP contribution is -2.09. The minimum absolute atomic E-state index is 0.269. The SMILES string of the molecule is CCOC(=O)c1n[nH]c(=S)c2ccccc12. The summed E-state index contributed by atoms with van der Waals surface area (Å²) in [7, 11) is 0. The minimum atomic E-state index is -0.440. The van der Waals surface area contributed by atoms with Gasteiger partial charge in [-0.05, 0) is 6.92 Å². The highest BCUT2D eigenvalue weighted by molar-refractivity contribution is 7.71. The number of carbonyl (C=O) groups is 1. The topological polar surface area (TPSA) is 55.0 Å². The van der Waals surface area contributed by atoms with Crippen LogP contribution in [-0.2, 0) is 4.74 Å². The maximum Gasteiger partial charge on any atom is 0.359 e. The molecule has 1 heterocycles. The first-order valence-electron chi connectivity index (χ1n) is 4.88. The van der Waals surface area contributed by atoms with Crippen LogP contribution >= 0.6 is 12.2 Å². The number of H-pyrrole nitrogens is 1. The second-order valence-corrected chi connectivity index (χ2v) is 3.58. The molecule has 16 heavy (non-hydrogen) atoms. The fraction of sp³-hybridized carbons (Fsp3) is 0.182. The normalized spacial score (nSPS) is 10.3. The highest BCUT2D eigenvalue weighted by atomic mass is 32.1. The van der Waals surface area contributed by atoms with E-state index in [0.29, 0.717) is 16.6 Å². The summed E-state index contributed by atoms with van der Waals surface area (Å²) in [6, 6.07) is 7.35. The van der Waals surface area contributed by atoms with E-state index in [9.17, 15) is 4.79 Å². The molecule has 2 aromatic rings. The summed E-state index contributed by atoms with van der Waals surface area (Å²) >= 11 is 5.09. The molecule has 1 N–H and O–H groups in total. The lowest BCUT2D eigenvalue weighted by molar-refractivity contribution is 0.0520. The van der Waals surface area contributed by atoms with Gasteiger partial charge in [-0.25, -0.2) is 4.79 Å².